The molecule has 0 saturated heterocycles. The lowest BCUT2D eigenvalue weighted by atomic mass is 10.2. The van der Waals surface area contributed by atoms with Crippen molar-refractivity contribution in [3.8, 4) is 0 Å². The Hall–Kier alpha value is -2.07. The highest BCUT2D eigenvalue weighted by atomic mass is 32.2. The Balaban J connectivity index is 2.23. The van der Waals surface area contributed by atoms with Crippen LogP contribution in [0.1, 0.15) is 15.9 Å². The summed E-state index contributed by atoms with van der Waals surface area (Å²) in [6.45, 7) is 0. The third kappa shape index (κ3) is 3.57. The number of sulfonamides is 1. The topological polar surface area (TPSA) is 83.5 Å². The van der Waals surface area contributed by atoms with Crippen LogP contribution >= 0.6 is 11.3 Å². The van der Waals surface area contributed by atoms with Crippen molar-refractivity contribution < 1.29 is 31.5 Å². The number of nitrogens with one attached hydrogen (secondary N) is 1. The molecule has 22 heavy (non-hydrogen) atoms. The summed E-state index contributed by atoms with van der Waals surface area (Å²) in [6.07, 6.45) is -4.51. The van der Waals surface area contributed by atoms with E-state index >= 15 is 0 Å². The summed E-state index contributed by atoms with van der Waals surface area (Å²) in [7, 11) is -4.05. The van der Waals surface area contributed by atoms with E-state index in [0.29, 0.717) is 11.3 Å². The molecule has 118 valence electrons. The predicted molar refractivity (Wildman–Crippen MR) is 73.5 cm³/mol. The van der Waals surface area contributed by atoms with Crippen LogP contribution in [0.2, 0.25) is 0 Å². The minimum atomic E-state index is -4.51. The van der Waals surface area contributed by atoms with Crippen LogP contribution in [0.5, 0.6) is 0 Å². The SMILES string of the molecule is O=C(O)c1csc(S(=O)(=O)Nc2ccc(C(F)(F)F)cc2)c1. The molecule has 2 aromatic rings. The van der Waals surface area contributed by atoms with Gasteiger partial charge in [0.2, 0.25) is 0 Å². The van der Waals surface area contributed by atoms with E-state index in [4.69, 9.17) is 5.11 Å². The van der Waals surface area contributed by atoms with Gasteiger partial charge in [-0.2, -0.15) is 13.2 Å². The smallest absolute Gasteiger partial charge is 0.416 e. The number of halogens is 3. The molecular formula is C12H8F3NO4S2. The molecule has 2 N–H and O–H groups in total. The zero-order chi connectivity index (χ0) is 16.5. The number of carboxylic acids is 1. The maximum Gasteiger partial charge on any atom is 0.416 e. The molecular weight excluding hydrogens is 343 g/mol. The van der Waals surface area contributed by atoms with Crippen LogP contribution in [-0.2, 0) is 16.2 Å². The summed E-state index contributed by atoms with van der Waals surface area (Å²) in [5, 5.41) is 9.90. The fourth-order valence-corrected chi connectivity index (χ4v) is 3.71. The second-order valence-corrected chi connectivity index (χ2v) is 6.96. The molecule has 0 atom stereocenters. The number of carboxylic acid groups (broad SMARTS) is 1. The monoisotopic (exact) mass is 351 g/mol. The van der Waals surface area contributed by atoms with Crippen LogP contribution in [-0.4, -0.2) is 19.5 Å². The maximum atomic E-state index is 12.4. The number of hydrogen-bond donors (Lipinski definition) is 2. The van der Waals surface area contributed by atoms with Crippen LogP contribution in [0.15, 0.2) is 39.9 Å². The molecule has 2 rings (SSSR count). The maximum absolute atomic E-state index is 12.4. The van der Waals surface area contributed by atoms with E-state index in [0.717, 1.165) is 35.7 Å². The number of carbonyl (C=O) groups is 1. The van der Waals surface area contributed by atoms with Crippen molar-refractivity contribution >= 4 is 33.0 Å². The molecule has 0 fully saturated rings. The van der Waals surface area contributed by atoms with Gasteiger partial charge in [0, 0.05) is 11.1 Å². The van der Waals surface area contributed by atoms with Crippen molar-refractivity contribution in [2.24, 2.45) is 0 Å². The third-order valence-corrected chi connectivity index (χ3v) is 5.37. The summed E-state index contributed by atoms with van der Waals surface area (Å²) in [6, 6.07) is 4.42. The number of rotatable bonds is 4. The Morgan fingerprint density at radius 2 is 1.77 bits per heavy atom. The van der Waals surface area contributed by atoms with E-state index in [9.17, 15) is 26.4 Å². The summed E-state index contributed by atoms with van der Waals surface area (Å²) in [5.74, 6) is -1.27. The normalized spacial score (nSPS) is 12.1. The molecule has 0 saturated carbocycles. The first kappa shape index (κ1) is 16.3. The van der Waals surface area contributed by atoms with Crippen LogP contribution in [0.4, 0.5) is 18.9 Å². The zero-order valence-electron chi connectivity index (χ0n) is 10.6. The second-order valence-electron chi connectivity index (χ2n) is 4.14. The lowest BCUT2D eigenvalue weighted by Crippen LogP contribution is -2.12. The number of aromatic carboxylic acids is 1. The summed E-state index contributed by atoms with van der Waals surface area (Å²) < 4.78 is 63.1. The molecule has 1 aromatic heterocycles. The van der Waals surface area contributed by atoms with Crippen LogP contribution in [0, 0.1) is 0 Å². The first-order valence-corrected chi connectivity index (χ1v) is 7.98. The van der Waals surface area contributed by atoms with Gasteiger partial charge in [-0.3, -0.25) is 4.72 Å². The Labute approximate surface area is 127 Å². The van der Waals surface area contributed by atoms with E-state index in [1.54, 1.807) is 0 Å². The molecule has 0 radical (unpaired) electrons. The number of anilines is 1. The summed E-state index contributed by atoms with van der Waals surface area (Å²) in [5.41, 5.74) is -1.14. The summed E-state index contributed by atoms with van der Waals surface area (Å²) in [4.78, 5) is 10.7. The van der Waals surface area contributed by atoms with Crippen molar-refractivity contribution in [3.63, 3.8) is 0 Å². The highest BCUT2D eigenvalue weighted by Crippen LogP contribution is 2.30. The first-order chi connectivity index (χ1) is 10.1. The molecule has 1 aromatic carbocycles. The van der Waals surface area contributed by atoms with Crippen molar-refractivity contribution in [1.82, 2.24) is 0 Å². The zero-order valence-corrected chi connectivity index (χ0v) is 12.2. The van der Waals surface area contributed by atoms with E-state index in [1.807, 2.05) is 0 Å². The largest absolute Gasteiger partial charge is 0.478 e. The highest BCUT2D eigenvalue weighted by molar-refractivity contribution is 7.94. The van der Waals surface area contributed by atoms with Crippen LogP contribution < -0.4 is 4.72 Å². The van der Waals surface area contributed by atoms with Crippen molar-refractivity contribution in [3.05, 3.63) is 46.8 Å². The van der Waals surface area contributed by atoms with Crippen molar-refractivity contribution in [2.75, 3.05) is 4.72 Å². The molecule has 0 aliphatic rings. The standard InChI is InChI=1S/C12H8F3NO4S2/c13-12(14,15)8-1-3-9(4-2-8)16-22(19,20)10-5-7(6-21-10)11(17)18/h1-6,16H,(H,17,18). The van der Waals surface area contributed by atoms with Crippen LogP contribution in [0.3, 0.4) is 0 Å². The third-order valence-electron chi connectivity index (χ3n) is 2.55. The van der Waals surface area contributed by atoms with Crippen molar-refractivity contribution in [1.29, 1.82) is 0 Å². The van der Waals surface area contributed by atoms with E-state index in [1.165, 1.54) is 0 Å². The lowest BCUT2D eigenvalue weighted by molar-refractivity contribution is -0.137. The summed E-state index contributed by atoms with van der Waals surface area (Å²) >= 11 is 0.700. The van der Waals surface area contributed by atoms with Gasteiger partial charge < -0.3 is 5.11 Å². The number of hydrogen-bond acceptors (Lipinski definition) is 4. The quantitative estimate of drug-likeness (QED) is 0.886. The fourth-order valence-electron chi connectivity index (χ4n) is 1.50. The average Bonchev–Trinajstić information content (AvgIpc) is 2.88. The Bertz CT molecular complexity index is 795. The number of alkyl halides is 3. The van der Waals surface area contributed by atoms with Crippen LogP contribution in [0.25, 0.3) is 0 Å². The van der Waals surface area contributed by atoms with E-state index in [2.05, 4.69) is 4.72 Å². The van der Waals surface area contributed by atoms with Gasteiger partial charge in [0.05, 0.1) is 11.1 Å². The van der Waals surface area contributed by atoms with Gasteiger partial charge in [-0.15, -0.1) is 11.3 Å². The number of thiophene rings is 1. The van der Waals surface area contributed by atoms with Gasteiger partial charge in [0.1, 0.15) is 4.21 Å². The molecule has 0 amide bonds. The number of benzene rings is 1. The molecule has 5 nitrogen and oxygen atoms in total. The first-order valence-electron chi connectivity index (χ1n) is 5.61. The molecule has 0 spiro atoms. The molecule has 10 heteroatoms. The predicted octanol–water partition coefficient (Wildman–Crippen LogP) is 3.27. The Morgan fingerprint density at radius 3 is 2.23 bits per heavy atom. The fraction of sp³-hybridized carbons (Fsp3) is 0.0833. The van der Waals surface area contributed by atoms with Crippen molar-refractivity contribution in [2.45, 2.75) is 10.4 Å². The van der Waals surface area contributed by atoms with E-state index < -0.39 is 27.7 Å². The van der Waals surface area contributed by atoms with Gasteiger partial charge >= 0.3 is 12.1 Å². The molecule has 0 unspecified atom stereocenters. The van der Waals surface area contributed by atoms with Gasteiger partial charge in [-0.05, 0) is 30.3 Å². The molecule has 0 bridgehead atoms. The Kier molecular flexibility index (Phi) is 4.16. The van der Waals surface area contributed by atoms with E-state index in [-0.39, 0.29) is 15.5 Å². The second kappa shape index (κ2) is 5.61. The Morgan fingerprint density at radius 1 is 1.18 bits per heavy atom. The molecule has 0 aliphatic heterocycles. The average molecular weight is 351 g/mol. The molecule has 1 heterocycles. The lowest BCUT2D eigenvalue weighted by Gasteiger charge is -2.09. The van der Waals surface area contributed by atoms with Gasteiger partial charge in [0.15, 0.2) is 0 Å². The van der Waals surface area contributed by atoms with Gasteiger partial charge in [-0.25, -0.2) is 13.2 Å². The highest BCUT2D eigenvalue weighted by Gasteiger charge is 2.30. The van der Waals surface area contributed by atoms with Gasteiger partial charge in [-0.1, -0.05) is 0 Å². The van der Waals surface area contributed by atoms with Gasteiger partial charge in [0.25, 0.3) is 10.0 Å². The minimum absolute atomic E-state index is 0.0572. The molecule has 0 aliphatic carbocycles. The minimum Gasteiger partial charge on any atom is -0.478 e.